The minimum absolute atomic E-state index is 0.0140. The van der Waals surface area contributed by atoms with Crippen molar-refractivity contribution in [1.29, 1.82) is 0 Å². The van der Waals surface area contributed by atoms with Crippen molar-refractivity contribution in [2.75, 3.05) is 86.0 Å². The Bertz CT molecular complexity index is 1710. The largest absolute Gasteiger partial charge is 0.507 e. The summed E-state index contributed by atoms with van der Waals surface area (Å²) in [4.78, 5) is 19.5. The molecular weight excluding hydrogens is 672 g/mol. The van der Waals surface area contributed by atoms with Gasteiger partial charge in [-0.3, -0.25) is 14.6 Å². The summed E-state index contributed by atoms with van der Waals surface area (Å²) in [7, 11) is 1.63. The number of morpholine rings is 2. The fraction of sp³-hybridized carbons (Fsp3) is 0.651. The van der Waals surface area contributed by atoms with Gasteiger partial charge in [-0.05, 0) is 90.1 Å². The van der Waals surface area contributed by atoms with E-state index < -0.39 is 0 Å². The first-order valence-corrected chi connectivity index (χ1v) is 19.9. The van der Waals surface area contributed by atoms with Gasteiger partial charge in [0.2, 0.25) is 5.43 Å². The smallest absolute Gasteiger partial charge is 0.204 e. The van der Waals surface area contributed by atoms with Crippen LogP contribution in [0.5, 0.6) is 23.0 Å². The lowest BCUT2D eigenvalue weighted by molar-refractivity contribution is 0.0370. The number of fused-ring (bicyclic) bond motifs is 2. The van der Waals surface area contributed by atoms with Gasteiger partial charge < -0.3 is 33.2 Å². The summed E-state index contributed by atoms with van der Waals surface area (Å²) in [6.07, 6.45) is 9.97. The van der Waals surface area contributed by atoms with Crippen LogP contribution in [0.1, 0.15) is 90.7 Å². The topological polar surface area (TPSA) is 103 Å². The number of phenolic OH excluding ortho intramolecular Hbond substituents is 1. The molecule has 10 heteroatoms. The number of benzene rings is 2. The van der Waals surface area contributed by atoms with E-state index in [4.69, 9.17) is 28.1 Å². The van der Waals surface area contributed by atoms with Crippen LogP contribution in [0.3, 0.4) is 0 Å². The molecule has 2 fully saturated rings. The summed E-state index contributed by atoms with van der Waals surface area (Å²) >= 11 is 0. The van der Waals surface area contributed by atoms with E-state index in [0.717, 1.165) is 122 Å². The van der Waals surface area contributed by atoms with Gasteiger partial charge in [-0.1, -0.05) is 32.4 Å². The van der Waals surface area contributed by atoms with Gasteiger partial charge in [0.05, 0.1) is 52.1 Å². The zero-order valence-corrected chi connectivity index (χ0v) is 33.3. The summed E-state index contributed by atoms with van der Waals surface area (Å²) in [5, 5.41) is 12.4. The summed E-state index contributed by atoms with van der Waals surface area (Å²) in [5.41, 5.74) is 2.91. The van der Waals surface area contributed by atoms with Crippen molar-refractivity contribution in [2.24, 2.45) is 5.41 Å². The van der Waals surface area contributed by atoms with Crippen LogP contribution in [-0.2, 0) is 22.3 Å². The van der Waals surface area contributed by atoms with Crippen LogP contribution in [0.2, 0.25) is 0 Å². The molecule has 2 aromatic carbocycles. The predicted molar refractivity (Wildman–Crippen MR) is 212 cm³/mol. The SMILES string of the molecule is COc1c(OCCCCCN2CCOCC2)cc2oc3cc(OCCCCCN4CCOCC4)c(CC=C(C)C)c(O)c3c(=O)c2c1CCC(C)(C)C. The lowest BCUT2D eigenvalue weighted by Gasteiger charge is -2.26. The van der Waals surface area contributed by atoms with Crippen molar-refractivity contribution in [3.05, 3.63) is 45.1 Å². The van der Waals surface area contributed by atoms with Crippen molar-refractivity contribution in [2.45, 2.75) is 92.4 Å². The third kappa shape index (κ3) is 11.6. The lowest BCUT2D eigenvalue weighted by Crippen LogP contribution is -2.36. The molecule has 0 radical (unpaired) electrons. The molecule has 3 aromatic rings. The first kappa shape index (κ1) is 40.9. The molecule has 0 spiro atoms. The standard InChI is InChI=1S/C43H64N2O8/c1-31(2)13-14-32-34(51-23-11-7-9-17-44-19-25-49-26-20-44)29-36-39(40(32)46)41(47)38-33(15-16-43(3,4)5)42(48-6)37(30-35(38)53-36)52-24-12-8-10-18-45-21-27-50-28-22-45/h13,29-30,46H,7-12,14-28H2,1-6H3. The molecule has 1 N–H and O–H groups in total. The maximum Gasteiger partial charge on any atom is 0.204 e. The molecule has 3 heterocycles. The van der Waals surface area contributed by atoms with E-state index in [0.29, 0.717) is 65.4 Å². The molecule has 5 rings (SSSR count). The number of hydrogen-bond donors (Lipinski definition) is 1. The van der Waals surface area contributed by atoms with Gasteiger partial charge in [0.15, 0.2) is 11.5 Å². The lowest BCUT2D eigenvalue weighted by atomic mass is 9.87. The van der Waals surface area contributed by atoms with E-state index in [2.05, 4.69) is 30.6 Å². The second-order valence-electron chi connectivity index (χ2n) is 16.0. The van der Waals surface area contributed by atoms with Crippen molar-refractivity contribution < 1.29 is 33.2 Å². The zero-order valence-electron chi connectivity index (χ0n) is 33.3. The molecule has 2 aliphatic heterocycles. The van der Waals surface area contributed by atoms with Crippen LogP contribution in [0.4, 0.5) is 0 Å². The molecule has 2 aliphatic rings. The number of phenols is 1. The average molecular weight is 737 g/mol. The molecule has 0 amide bonds. The molecular formula is C43H64N2O8. The maximum absolute atomic E-state index is 14.6. The Kier molecular flexibility index (Phi) is 15.3. The summed E-state index contributed by atoms with van der Waals surface area (Å²) in [6.45, 7) is 21.0. The Morgan fingerprint density at radius 2 is 1.34 bits per heavy atom. The maximum atomic E-state index is 14.6. The predicted octanol–water partition coefficient (Wildman–Crippen LogP) is 7.91. The average Bonchev–Trinajstić information content (AvgIpc) is 3.13. The van der Waals surface area contributed by atoms with Gasteiger partial charge in [0.1, 0.15) is 28.1 Å². The van der Waals surface area contributed by atoms with E-state index in [9.17, 15) is 9.90 Å². The minimum atomic E-state index is -0.274. The number of hydrogen-bond acceptors (Lipinski definition) is 10. The fourth-order valence-electron chi connectivity index (χ4n) is 7.15. The van der Waals surface area contributed by atoms with Gasteiger partial charge in [-0.2, -0.15) is 0 Å². The number of methoxy groups -OCH3 is 1. The normalized spacial score (nSPS) is 16.0. The van der Waals surface area contributed by atoms with Crippen LogP contribution in [0.15, 0.2) is 33.0 Å². The highest BCUT2D eigenvalue weighted by Gasteiger charge is 2.26. The molecule has 0 saturated carbocycles. The molecule has 10 nitrogen and oxygen atoms in total. The quantitative estimate of drug-likeness (QED) is 0.0742. The molecule has 0 unspecified atom stereocenters. The van der Waals surface area contributed by atoms with Crippen molar-refractivity contribution in [3.63, 3.8) is 0 Å². The van der Waals surface area contributed by atoms with Crippen LogP contribution < -0.4 is 19.6 Å². The Labute approximate surface area is 316 Å². The fourth-order valence-corrected chi connectivity index (χ4v) is 7.15. The molecule has 53 heavy (non-hydrogen) atoms. The monoisotopic (exact) mass is 736 g/mol. The Balaban J connectivity index is 1.42. The number of unbranched alkanes of at least 4 members (excludes halogenated alkanes) is 4. The summed E-state index contributed by atoms with van der Waals surface area (Å²) < 4.78 is 36.2. The highest BCUT2D eigenvalue weighted by atomic mass is 16.5. The van der Waals surface area contributed by atoms with E-state index >= 15 is 0 Å². The molecule has 0 atom stereocenters. The summed E-state index contributed by atoms with van der Waals surface area (Å²) in [5.74, 6) is 1.58. The molecule has 0 aliphatic carbocycles. The van der Waals surface area contributed by atoms with Gasteiger partial charge >= 0.3 is 0 Å². The minimum Gasteiger partial charge on any atom is -0.507 e. The highest BCUT2D eigenvalue weighted by Crippen LogP contribution is 2.42. The third-order valence-electron chi connectivity index (χ3n) is 10.3. The number of aromatic hydroxyl groups is 1. The van der Waals surface area contributed by atoms with Crippen molar-refractivity contribution >= 4 is 21.9 Å². The number of allylic oxidation sites excluding steroid dienone is 2. The number of aryl methyl sites for hydroxylation is 1. The molecule has 1 aromatic heterocycles. The van der Waals surface area contributed by atoms with Gasteiger partial charge in [0, 0.05) is 49.4 Å². The number of ether oxygens (including phenoxy) is 5. The van der Waals surface area contributed by atoms with Crippen LogP contribution >= 0.6 is 0 Å². The van der Waals surface area contributed by atoms with Crippen LogP contribution in [0, 0.1) is 5.41 Å². The molecule has 294 valence electrons. The molecule has 2 saturated heterocycles. The molecule has 0 bridgehead atoms. The van der Waals surface area contributed by atoms with E-state index in [1.54, 1.807) is 19.2 Å². The zero-order chi connectivity index (χ0) is 37.8. The van der Waals surface area contributed by atoms with Crippen LogP contribution in [0.25, 0.3) is 21.9 Å². The van der Waals surface area contributed by atoms with E-state index in [1.165, 1.54) is 0 Å². The first-order chi connectivity index (χ1) is 25.6. The van der Waals surface area contributed by atoms with E-state index in [1.807, 2.05) is 19.9 Å². The first-order valence-electron chi connectivity index (χ1n) is 19.9. The van der Waals surface area contributed by atoms with Crippen molar-refractivity contribution in [3.8, 4) is 23.0 Å². The van der Waals surface area contributed by atoms with Gasteiger partial charge in [0.25, 0.3) is 0 Å². The van der Waals surface area contributed by atoms with Crippen LogP contribution in [-0.4, -0.2) is 101 Å². The number of nitrogens with zero attached hydrogens (tertiary/aromatic N) is 2. The van der Waals surface area contributed by atoms with E-state index in [-0.39, 0.29) is 22.0 Å². The second kappa shape index (κ2) is 19.9. The highest BCUT2D eigenvalue weighted by molar-refractivity contribution is 5.97. The van der Waals surface area contributed by atoms with Gasteiger partial charge in [-0.25, -0.2) is 0 Å². The van der Waals surface area contributed by atoms with Crippen molar-refractivity contribution in [1.82, 2.24) is 9.80 Å². The number of rotatable bonds is 19. The summed E-state index contributed by atoms with van der Waals surface area (Å²) in [6, 6.07) is 3.57. The Morgan fingerprint density at radius 3 is 1.89 bits per heavy atom. The Hall–Kier alpha value is -3.31. The van der Waals surface area contributed by atoms with Gasteiger partial charge in [-0.15, -0.1) is 0 Å². The second-order valence-corrected chi connectivity index (χ2v) is 16.0. The Morgan fingerprint density at radius 1 is 0.792 bits per heavy atom. The third-order valence-corrected chi connectivity index (χ3v) is 10.3.